The van der Waals surface area contributed by atoms with E-state index >= 15 is 0 Å². The minimum absolute atomic E-state index is 0.0109. The van der Waals surface area contributed by atoms with E-state index in [1.807, 2.05) is 18.7 Å². The van der Waals surface area contributed by atoms with E-state index in [2.05, 4.69) is 12.2 Å². The highest BCUT2D eigenvalue weighted by atomic mass is 16.2. The van der Waals surface area contributed by atoms with Crippen LogP contribution in [-0.2, 0) is 9.59 Å². The number of carbonyl (C=O) groups excluding carboxylic acids is 2. The first-order valence-corrected chi connectivity index (χ1v) is 8.14. The Labute approximate surface area is 122 Å². The van der Waals surface area contributed by atoms with Crippen molar-refractivity contribution in [3.63, 3.8) is 0 Å². The van der Waals surface area contributed by atoms with E-state index in [4.69, 9.17) is 0 Å². The average molecular weight is 280 g/mol. The van der Waals surface area contributed by atoms with E-state index in [0.29, 0.717) is 12.3 Å². The third-order valence-electron chi connectivity index (χ3n) is 5.18. The van der Waals surface area contributed by atoms with E-state index in [-0.39, 0.29) is 24.4 Å². The quantitative estimate of drug-likeness (QED) is 0.860. The van der Waals surface area contributed by atoms with E-state index in [1.54, 1.807) is 0 Å². The van der Waals surface area contributed by atoms with Crippen LogP contribution in [0.3, 0.4) is 0 Å². The van der Waals surface area contributed by atoms with Crippen LogP contribution in [0.25, 0.3) is 0 Å². The zero-order chi connectivity index (χ0) is 14.8. The highest BCUT2D eigenvalue weighted by molar-refractivity contribution is 5.97. The summed E-state index contributed by atoms with van der Waals surface area (Å²) in [7, 11) is 0. The summed E-state index contributed by atoms with van der Waals surface area (Å²) in [5, 5.41) is 2.87. The monoisotopic (exact) mass is 280 g/mol. The van der Waals surface area contributed by atoms with Gasteiger partial charge in [-0.15, -0.1) is 0 Å². The molecule has 2 unspecified atom stereocenters. The number of amides is 2. The number of rotatable bonds is 4. The molecule has 1 aliphatic heterocycles. The molecule has 0 aromatic carbocycles. The molecule has 114 valence electrons. The number of hydrogen-bond acceptors (Lipinski definition) is 2. The highest BCUT2D eigenvalue weighted by Gasteiger charge is 2.45. The molecular weight excluding hydrogens is 252 g/mol. The van der Waals surface area contributed by atoms with Gasteiger partial charge in [-0.1, -0.05) is 33.1 Å². The molecule has 0 bridgehead atoms. The van der Waals surface area contributed by atoms with Crippen molar-refractivity contribution in [2.75, 3.05) is 6.54 Å². The second-order valence-corrected chi connectivity index (χ2v) is 6.54. The van der Waals surface area contributed by atoms with Crippen molar-refractivity contribution < 1.29 is 9.59 Å². The smallest absolute Gasteiger partial charge is 0.248 e. The Morgan fingerprint density at radius 3 is 2.45 bits per heavy atom. The molecule has 1 saturated heterocycles. The standard InChI is InChI=1S/C16H28N2O2/c1-4-13(12-9-7-6-8-10-12)18-11-14(19)17-16(3,5-2)15(18)20/h12-13H,4-11H2,1-3H3,(H,17,19). The molecule has 1 saturated carbocycles. The van der Waals surface area contributed by atoms with Crippen molar-refractivity contribution in [2.24, 2.45) is 5.92 Å². The van der Waals surface area contributed by atoms with Gasteiger partial charge < -0.3 is 10.2 Å². The van der Waals surface area contributed by atoms with Gasteiger partial charge in [0, 0.05) is 6.04 Å². The number of nitrogens with zero attached hydrogens (tertiary/aromatic N) is 1. The van der Waals surface area contributed by atoms with Crippen LogP contribution in [0.15, 0.2) is 0 Å². The number of carbonyl (C=O) groups is 2. The summed E-state index contributed by atoms with van der Waals surface area (Å²) in [6, 6.07) is 0.236. The van der Waals surface area contributed by atoms with Crippen molar-refractivity contribution >= 4 is 11.8 Å². The van der Waals surface area contributed by atoms with Gasteiger partial charge in [-0.2, -0.15) is 0 Å². The Morgan fingerprint density at radius 1 is 1.25 bits per heavy atom. The predicted molar refractivity (Wildman–Crippen MR) is 79.2 cm³/mol. The number of hydrogen-bond donors (Lipinski definition) is 1. The molecular formula is C16H28N2O2. The van der Waals surface area contributed by atoms with E-state index in [1.165, 1.54) is 32.1 Å². The Bertz CT molecular complexity index is 377. The molecule has 1 N–H and O–H groups in total. The number of piperazine rings is 1. The molecule has 0 radical (unpaired) electrons. The molecule has 4 nitrogen and oxygen atoms in total. The third kappa shape index (κ3) is 2.84. The van der Waals surface area contributed by atoms with Gasteiger partial charge in [0.1, 0.15) is 5.54 Å². The fourth-order valence-corrected chi connectivity index (χ4v) is 3.78. The van der Waals surface area contributed by atoms with Gasteiger partial charge >= 0.3 is 0 Å². The Morgan fingerprint density at radius 2 is 1.90 bits per heavy atom. The van der Waals surface area contributed by atoms with Gasteiger partial charge in [0.2, 0.25) is 11.8 Å². The first-order valence-electron chi connectivity index (χ1n) is 8.14. The highest BCUT2D eigenvalue weighted by Crippen LogP contribution is 2.32. The van der Waals surface area contributed by atoms with Crippen LogP contribution in [0.2, 0.25) is 0 Å². The molecule has 2 atom stereocenters. The molecule has 2 fully saturated rings. The lowest BCUT2D eigenvalue weighted by Crippen LogP contribution is -2.67. The minimum Gasteiger partial charge on any atom is -0.340 e. The van der Waals surface area contributed by atoms with Crippen molar-refractivity contribution in [1.82, 2.24) is 10.2 Å². The van der Waals surface area contributed by atoms with Crippen LogP contribution >= 0.6 is 0 Å². The molecule has 1 heterocycles. The first-order chi connectivity index (χ1) is 9.51. The largest absolute Gasteiger partial charge is 0.340 e. The Hall–Kier alpha value is -1.06. The molecule has 0 aromatic heterocycles. The SMILES string of the molecule is CCC(C1CCCCC1)N1CC(=O)NC(C)(CC)C1=O. The van der Waals surface area contributed by atoms with Crippen LogP contribution in [-0.4, -0.2) is 34.8 Å². The molecule has 2 aliphatic rings. The zero-order valence-electron chi connectivity index (χ0n) is 13.1. The van der Waals surface area contributed by atoms with Crippen molar-refractivity contribution in [3.8, 4) is 0 Å². The predicted octanol–water partition coefficient (Wildman–Crippen LogP) is 2.47. The van der Waals surface area contributed by atoms with Crippen LogP contribution < -0.4 is 5.32 Å². The lowest BCUT2D eigenvalue weighted by molar-refractivity contribution is -0.153. The molecule has 0 aromatic rings. The lowest BCUT2D eigenvalue weighted by atomic mass is 9.81. The fraction of sp³-hybridized carbons (Fsp3) is 0.875. The van der Waals surface area contributed by atoms with Gasteiger partial charge in [-0.05, 0) is 38.5 Å². The van der Waals surface area contributed by atoms with Crippen LogP contribution in [0.5, 0.6) is 0 Å². The molecule has 20 heavy (non-hydrogen) atoms. The summed E-state index contributed by atoms with van der Waals surface area (Å²) in [6.45, 7) is 6.20. The van der Waals surface area contributed by atoms with Crippen molar-refractivity contribution in [3.05, 3.63) is 0 Å². The summed E-state index contributed by atoms with van der Waals surface area (Å²) in [5.41, 5.74) is -0.711. The van der Waals surface area contributed by atoms with E-state index < -0.39 is 5.54 Å². The molecule has 2 amide bonds. The maximum Gasteiger partial charge on any atom is 0.248 e. The van der Waals surface area contributed by atoms with Gasteiger partial charge in [-0.25, -0.2) is 0 Å². The van der Waals surface area contributed by atoms with Crippen molar-refractivity contribution in [1.29, 1.82) is 0 Å². The van der Waals surface area contributed by atoms with Crippen LogP contribution in [0.1, 0.15) is 65.7 Å². The Balaban J connectivity index is 2.18. The topological polar surface area (TPSA) is 49.4 Å². The summed E-state index contributed by atoms with van der Waals surface area (Å²) >= 11 is 0. The maximum absolute atomic E-state index is 12.8. The lowest BCUT2D eigenvalue weighted by Gasteiger charge is -2.45. The fourth-order valence-electron chi connectivity index (χ4n) is 3.78. The van der Waals surface area contributed by atoms with Gasteiger partial charge in [-0.3, -0.25) is 9.59 Å². The second kappa shape index (κ2) is 6.15. The summed E-state index contributed by atoms with van der Waals surface area (Å²) < 4.78 is 0. The first kappa shape index (κ1) is 15.3. The number of nitrogens with one attached hydrogen (secondary N) is 1. The van der Waals surface area contributed by atoms with Crippen LogP contribution in [0.4, 0.5) is 0 Å². The third-order valence-corrected chi connectivity index (χ3v) is 5.18. The van der Waals surface area contributed by atoms with E-state index in [0.717, 1.165) is 6.42 Å². The molecule has 0 spiro atoms. The average Bonchev–Trinajstić information content (AvgIpc) is 2.46. The summed E-state index contributed by atoms with van der Waals surface area (Å²) in [4.78, 5) is 26.6. The normalized spacial score (nSPS) is 30.2. The van der Waals surface area contributed by atoms with Crippen LogP contribution in [0, 0.1) is 5.92 Å². The Kier molecular flexibility index (Phi) is 4.71. The van der Waals surface area contributed by atoms with E-state index in [9.17, 15) is 9.59 Å². The van der Waals surface area contributed by atoms with Gasteiger partial charge in [0.25, 0.3) is 0 Å². The van der Waals surface area contributed by atoms with Gasteiger partial charge in [0.05, 0.1) is 6.54 Å². The minimum atomic E-state index is -0.711. The van der Waals surface area contributed by atoms with Gasteiger partial charge in [0.15, 0.2) is 0 Å². The molecule has 4 heteroatoms. The maximum atomic E-state index is 12.8. The zero-order valence-corrected chi connectivity index (χ0v) is 13.1. The molecule has 2 rings (SSSR count). The summed E-state index contributed by atoms with van der Waals surface area (Å²) in [5.74, 6) is 0.671. The second-order valence-electron chi connectivity index (χ2n) is 6.54. The molecule has 1 aliphatic carbocycles. The van der Waals surface area contributed by atoms with Crippen molar-refractivity contribution in [2.45, 2.75) is 77.3 Å². The summed E-state index contributed by atoms with van der Waals surface area (Å²) in [6.07, 6.45) is 7.84.